The molecule has 1 aliphatic carbocycles. The lowest BCUT2D eigenvalue weighted by atomic mass is 9.69. The molecule has 2 heteroatoms. The number of hydrogen-bond donors (Lipinski definition) is 1. The number of nitrogens with zero attached hydrogens (tertiary/aromatic N) is 1. The maximum absolute atomic E-state index is 3.60. The Morgan fingerprint density at radius 3 is 1.36 bits per heavy atom. The van der Waals surface area contributed by atoms with Gasteiger partial charge in [0.25, 0.3) is 0 Å². The van der Waals surface area contributed by atoms with Gasteiger partial charge < -0.3 is 10.2 Å². The lowest BCUT2D eigenvalue weighted by Gasteiger charge is -2.37. The van der Waals surface area contributed by atoms with E-state index in [1.165, 1.54) is 71.0 Å². The summed E-state index contributed by atoms with van der Waals surface area (Å²) >= 11 is 0. The van der Waals surface area contributed by atoms with E-state index in [0.29, 0.717) is 0 Å². The van der Waals surface area contributed by atoms with E-state index in [1.807, 2.05) is 0 Å². The molecule has 1 saturated carbocycles. The Bertz CT molecular complexity index is 481. The summed E-state index contributed by atoms with van der Waals surface area (Å²) in [5.41, 5.74) is 0. The van der Waals surface area contributed by atoms with Crippen LogP contribution in [0.25, 0.3) is 0 Å². The minimum absolute atomic E-state index is 0.748. The Morgan fingerprint density at radius 2 is 1.00 bits per heavy atom. The minimum atomic E-state index is 0.748. The van der Waals surface area contributed by atoms with E-state index in [4.69, 9.17) is 0 Å². The molecule has 0 bridgehead atoms. The fourth-order valence-electron chi connectivity index (χ4n) is 7.04. The fourth-order valence-corrected chi connectivity index (χ4v) is 7.04. The average Bonchev–Trinajstić information content (AvgIpc) is 2.84. The van der Waals surface area contributed by atoms with Crippen molar-refractivity contribution in [3.8, 4) is 0 Å². The molecule has 2 saturated heterocycles. The van der Waals surface area contributed by atoms with Crippen LogP contribution in [0, 0.1) is 53.3 Å². The number of likely N-dealkylation sites (tertiary alicyclic amines) is 1. The van der Waals surface area contributed by atoms with Gasteiger partial charge in [0.2, 0.25) is 0 Å². The second kappa shape index (κ2) is 17.5. The highest BCUT2D eigenvalue weighted by atomic mass is 15.1. The second-order valence-corrected chi connectivity index (χ2v) is 14.6. The van der Waals surface area contributed by atoms with Crippen molar-refractivity contribution >= 4 is 0 Å². The molecule has 216 valence electrons. The van der Waals surface area contributed by atoms with Crippen LogP contribution in [0.15, 0.2) is 0 Å². The normalized spacial score (nSPS) is 28.5. The van der Waals surface area contributed by atoms with Crippen LogP contribution in [0.2, 0.25) is 0 Å². The van der Waals surface area contributed by atoms with Gasteiger partial charge in [-0.2, -0.15) is 0 Å². The molecule has 0 aromatic rings. The molecule has 0 radical (unpaired) electrons. The molecule has 2 nitrogen and oxygen atoms in total. The van der Waals surface area contributed by atoms with Crippen LogP contribution in [0.4, 0.5) is 0 Å². The van der Waals surface area contributed by atoms with Crippen molar-refractivity contribution < 1.29 is 0 Å². The lowest BCUT2D eigenvalue weighted by molar-refractivity contribution is 0.129. The summed E-state index contributed by atoms with van der Waals surface area (Å²) in [7, 11) is 0. The number of piperidine rings is 2. The Hall–Kier alpha value is -0.0800. The molecule has 0 amide bonds. The van der Waals surface area contributed by atoms with E-state index in [0.717, 1.165) is 65.3 Å². The molecule has 0 spiro atoms. The lowest BCUT2D eigenvalue weighted by Crippen LogP contribution is -2.42. The maximum Gasteiger partial charge on any atom is 0.00928 e. The molecular weight excluding hydrogens is 436 g/mol. The molecule has 4 atom stereocenters. The van der Waals surface area contributed by atoms with Crippen LogP contribution < -0.4 is 5.32 Å². The quantitative estimate of drug-likeness (QED) is 0.386. The number of nitrogens with one attached hydrogen (secondary N) is 1. The van der Waals surface area contributed by atoms with E-state index in [1.54, 1.807) is 0 Å². The number of rotatable bonds is 6. The van der Waals surface area contributed by atoms with Gasteiger partial charge in [0.1, 0.15) is 0 Å². The first-order valence-corrected chi connectivity index (χ1v) is 16.3. The molecule has 36 heavy (non-hydrogen) atoms. The predicted molar refractivity (Wildman–Crippen MR) is 164 cm³/mol. The zero-order valence-corrected chi connectivity index (χ0v) is 27.1. The van der Waals surface area contributed by atoms with Crippen LogP contribution in [0.1, 0.15) is 134 Å². The topological polar surface area (TPSA) is 15.3 Å². The molecule has 3 rings (SSSR count). The van der Waals surface area contributed by atoms with Crippen LogP contribution in [-0.2, 0) is 0 Å². The Labute approximate surface area is 229 Å². The third-order valence-electron chi connectivity index (χ3n) is 10.1. The van der Waals surface area contributed by atoms with Crippen molar-refractivity contribution in [3.63, 3.8) is 0 Å². The Morgan fingerprint density at radius 1 is 0.528 bits per heavy atom. The number of hydrogen-bond acceptors (Lipinski definition) is 2. The summed E-state index contributed by atoms with van der Waals surface area (Å²) in [6.45, 7) is 32.1. The van der Waals surface area contributed by atoms with Gasteiger partial charge in [0, 0.05) is 12.1 Å². The third-order valence-corrected chi connectivity index (χ3v) is 10.1. The highest BCUT2D eigenvalue weighted by Gasteiger charge is 2.29. The predicted octanol–water partition coefficient (Wildman–Crippen LogP) is 9.53. The van der Waals surface area contributed by atoms with Gasteiger partial charge in [0.05, 0.1) is 0 Å². The molecule has 3 aliphatic rings. The van der Waals surface area contributed by atoms with E-state index < -0.39 is 0 Å². The first kappa shape index (κ1) is 33.9. The summed E-state index contributed by atoms with van der Waals surface area (Å²) in [4.78, 5) is 2.60. The van der Waals surface area contributed by atoms with Crippen molar-refractivity contribution in [2.24, 2.45) is 53.3 Å². The summed E-state index contributed by atoms with van der Waals surface area (Å²) in [6, 6.07) is 1.52. The standard InChI is InChI=1S/C12H24.2C11H23N/c1-9(2)11-7-5-6-8-12(11)10(3)4;1-9(2)11-5-7-12(8-6-11)10(3)4;1-8(2)10-5-6-12-11(7-10)9(3)4/h9-12H,5-8H2,1-4H3;9-11H,5-8H2,1-4H3;8-12H,5-7H2,1-4H3. The van der Waals surface area contributed by atoms with Crippen LogP contribution in [0.5, 0.6) is 0 Å². The molecule has 0 aromatic carbocycles. The largest absolute Gasteiger partial charge is 0.314 e. The van der Waals surface area contributed by atoms with Crippen molar-refractivity contribution in [2.75, 3.05) is 19.6 Å². The first-order chi connectivity index (χ1) is 16.8. The van der Waals surface area contributed by atoms with Gasteiger partial charge >= 0.3 is 0 Å². The average molecular weight is 507 g/mol. The maximum atomic E-state index is 3.60. The van der Waals surface area contributed by atoms with E-state index in [-0.39, 0.29) is 0 Å². The van der Waals surface area contributed by atoms with Gasteiger partial charge in [-0.1, -0.05) is 82.1 Å². The van der Waals surface area contributed by atoms with Gasteiger partial charge in [-0.25, -0.2) is 0 Å². The Kier molecular flexibility index (Phi) is 16.5. The van der Waals surface area contributed by atoms with Gasteiger partial charge in [-0.15, -0.1) is 0 Å². The van der Waals surface area contributed by atoms with Gasteiger partial charge in [-0.05, 0) is 125 Å². The van der Waals surface area contributed by atoms with Gasteiger partial charge in [-0.3, -0.25) is 0 Å². The van der Waals surface area contributed by atoms with Crippen LogP contribution >= 0.6 is 0 Å². The van der Waals surface area contributed by atoms with Crippen LogP contribution in [-0.4, -0.2) is 36.6 Å². The molecular formula is C34H70N2. The van der Waals surface area contributed by atoms with Crippen molar-refractivity contribution in [1.29, 1.82) is 0 Å². The zero-order chi connectivity index (χ0) is 27.4. The van der Waals surface area contributed by atoms with Crippen molar-refractivity contribution in [2.45, 2.75) is 147 Å². The van der Waals surface area contributed by atoms with E-state index >= 15 is 0 Å². The van der Waals surface area contributed by atoms with E-state index in [2.05, 4.69) is 93.3 Å². The monoisotopic (exact) mass is 507 g/mol. The minimum Gasteiger partial charge on any atom is -0.314 e. The zero-order valence-electron chi connectivity index (χ0n) is 27.1. The molecule has 2 aliphatic heterocycles. The van der Waals surface area contributed by atoms with Crippen LogP contribution in [0.3, 0.4) is 0 Å². The van der Waals surface area contributed by atoms with Gasteiger partial charge in [0.15, 0.2) is 0 Å². The molecule has 3 fully saturated rings. The molecule has 1 N–H and O–H groups in total. The summed E-state index contributed by atoms with van der Waals surface area (Å²) in [5.74, 6) is 8.32. The summed E-state index contributed by atoms with van der Waals surface area (Å²) < 4.78 is 0. The molecule has 4 unspecified atom stereocenters. The third kappa shape index (κ3) is 12.2. The first-order valence-electron chi connectivity index (χ1n) is 16.3. The van der Waals surface area contributed by atoms with E-state index in [9.17, 15) is 0 Å². The fraction of sp³-hybridized carbons (Fsp3) is 1.00. The smallest absolute Gasteiger partial charge is 0.00928 e. The highest BCUT2D eigenvalue weighted by molar-refractivity contribution is 4.82. The van der Waals surface area contributed by atoms with Crippen molar-refractivity contribution in [1.82, 2.24) is 10.2 Å². The summed E-state index contributed by atoms with van der Waals surface area (Å²) in [6.07, 6.45) is 11.5. The SMILES string of the molecule is CC(C)C1CCCCC1C(C)C.CC(C)C1CCN(C(C)C)CC1.CC(C)C1CCNC(C(C)C)C1. The molecule has 0 aromatic heterocycles. The Balaban J connectivity index is 0.000000270. The summed E-state index contributed by atoms with van der Waals surface area (Å²) in [5, 5.41) is 3.60. The van der Waals surface area contributed by atoms with Crippen molar-refractivity contribution in [3.05, 3.63) is 0 Å². The highest BCUT2D eigenvalue weighted by Crippen LogP contribution is 2.39. The molecule has 2 heterocycles. The second-order valence-electron chi connectivity index (χ2n) is 14.6.